The van der Waals surface area contributed by atoms with E-state index >= 15 is 0 Å². The summed E-state index contributed by atoms with van der Waals surface area (Å²) in [5.74, 6) is -1.51. The standard InChI is InChI=1S/C15H16F2N2S.ClH/c16-13-3-1-2-12(14(13)17)15(11-4-9-20-10-11)19-7-5-18-6-8-19;/h1-4,9-10,15,18H,5-8H2;1H/t15-;/m0./s1. The Morgan fingerprint density at radius 2 is 1.90 bits per heavy atom. The van der Waals surface area contributed by atoms with Gasteiger partial charge in [-0.2, -0.15) is 11.3 Å². The van der Waals surface area contributed by atoms with Crippen LogP contribution in [0.15, 0.2) is 35.0 Å². The van der Waals surface area contributed by atoms with Gasteiger partial charge in [-0.1, -0.05) is 12.1 Å². The number of hydrogen-bond acceptors (Lipinski definition) is 3. The average molecular weight is 331 g/mol. The zero-order valence-electron chi connectivity index (χ0n) is 11.4. The highest BCUT2D eigenvalue weighted by Crippen LogP contribution is 2.32. The molecule has 3 rings (SSSR count). The Labute approximate surface area is 133 Å². The van der Waals surface area contributed by atoms with Gasteiger partial charge in [-0.05, 0) is 28.5 Å². The fourth-order valence-corrected chi connectivity index (χ4v) is 3.37. The first-order valence-electron chi connectivity index (χ1n) is 6.68. The van der Waals surface area contributed by atoms with E-state index in [0.29, 0.717) is 5.56 Å². The molecule has 0 bridgehead atoms. The highest BCUT2D eigenvalue weighted by Gasteiger charge is 2.27. The number of piperazine rings is 1. The van der Waals surface area contributed by atoms with E-state index in [9.17, 15) is 8.78 Å². The maximum absolute atomic E-state index is 14.2. The molecule has 114 valence electrons. The Kier molecular flexibility index (Phi) is 5.70. The SMILES string of the molecule is Cl.Fc1cccc([C@H](c2ccsc2)N2CCNCC2)c1F. The van der Waals surface area contributed by atoms with Gasteiger partial charge < -0.3 is 5.32 Å². The zero-order chi connectivity index (χ0) is 13.9. The second-order valence-electron chi connectivity index (χ2n) is 4.89. The molecule has 1 aliphatic heterocycles. The van der Waals surface area contributed by atoms with Crippen LogP contribution in [0.4, 0.5) is 8.78 Å². The third-order valence-corrected chi connectivity index (χ3v) is 4.35. The summed E-state index contributed by atoms with van der Waals surface area (Å²) in [5.41, 5.74) is 1.45. The summed E-state index contributed by atoms with van der Waals surface area (Å²) in [6, 6.07) is 6.21. The normalized spacial score (nSPS) is 17.2. The van der Waals surface area contributed by atoms with E-state index in [4.69, 9.17) is 0 Å². The van der Waals surface area contributed by atoms with Gasteiger partial charge in [-0.3, -0.25) is 4.90 Å². The van der Waals surface area contributed by atoms with Gasteiger partial charge in [-0.25, -0.2) is 8.78 Å². The van der Waals surface area contributed by atoms with Crippen molar-refractivity contribution in [2.45, 2.75) is 6.04 Å². The van der Waals surface area contributed by atoms with Crippen molar-refractivity contribution in [2.24, 2.45) is 0 Å². The monoisotopic (exact) mass is 330 g/mol. The summed E-state index contributed by atoms with van der Waals surface area (Å²) in [6.45, 7) is 3.40. The number of thiophene rings is 1. The number of halogens is 3. The first-order valence-corrected chi connectivity index (χ1v) is 7.62. The number of nitrogens with zero attached hydrogens (tertiary/aromatic N) is 1. The van der Waals surface area contributed by atoms with Crippen LogP contribution in [0.25, 0.3) is 0 Å². The second kappa shape index (κ2) is 7.31. The van der Waals surface area contributed by atoms with Crippen LogP contribution in [0.3, 0.4) is 0 Å². The lowest BCUT2D eigenvalue weighted by atomic mass is 9.98. The highest BCUT2D eigenvalue weighted by molar-refractivity contribution is 7.08. The minimum atomic E-state index is -0.780. The lowest BCUT2D eigenvalue weighted by Crippen LogP contribution is -2.45. The number of hydrogen-bond donors (Lipinski definition) is 1. The van der Waals surface area contributed by atoms with Crippen LogP contribution in [0.2, 0.25) is 0 Å². The molecule has 2 heterocycles. The molecule has 0 saturated carbocycles. The van der Waals surface area contributed by atoms with Gasteiger partial charge in [0.25, 0.3) is 0 Å². The second-order valence-corrected chi connectivity index (χ2v) is 5.67. The summed E-state index contributed by atoms with van der Waals surface area (Å²) >= 11 is 1.58. The van der Waals surface area contributed by atoms with Gasteiger partial charge in [0.1, 0.15) is 0 Å². The smallest absolute Gasteiger partial charge is 0.163 e. The molecule has 0 amide bonds. The molecule has 0 unspecified atom stereocenters. The maximum Gasteiger partial charge on any atom is 0.163 e. The summed E-state index contributed by atoms with van der Waals surface area (Å²) in [4.78, 5) is 2.20. The number of nitrogens with one attached hydrogen (secondary N) is 1. The quantitative estimate of drug-likeness (QED) is 0.927. The lowest BCUT2D eigenvalue weighted by molar-refractivity contribution is 0.195. The van der Waals surface area contributed by atoms with Gasteiger partial charge in [0.2, 0.25) is 0 Å². The van der Waals surface area contributed by atoms with Crippen molar-refractivity contribution in [3.8, 4) is 0 Å². The maximum atomic E-state index is 14.2. The van der Waals surface area contributed by atoms with Crippen molar-refractivity contribution < 1.29 is 8.78 Å². The van der Waals surface area contributed by atoms with Crippen molar-refractivity contribution in [1.82, 2.24) is 10.2 Å². The first kappa shape index (κ1) is 16.4. The predicted octanol–water partition coefficient (Wildman–Crippen LogP) is 3.44. The molecule has 1 aliphatic rings. The predicted molar refractivity (Wildman–Crippen MR) is 84.2 cm³/mol. The molecule has 1 aromatic heterocycles. The fraction of sp³-hybridized carbons (Fsp3) is 0.333. The topological polar surface area (TPSA) is 15.3 Å². The highest BCUT2D eigenvalue weighted by atomic mass is 35.5. The van der Waals surface area contributed by atoms with E-state index in [2.05, 4.69) is 10.2 Å². The van der Waals surface area contributed by atoms with Crippen LogP contribution in [0.1, 0.15) is 17.2 Å². The fourth-order valence-electron chi connectivity index (χ4n) is 2.69. The Morgan fingerprint density at radius 1 is 1.14 bits per heavy atom. The van der Waals surface area contributed by atoms with E-state index < -0.39 is 11.6 Å². The van der Waals surface area contributed by atoms with Crippen LogP contribution in [-0.4, -0.2) is 31.1 Å². The van der Waals surface area contributed by atoms with E-state index in [1.165, 1.54) is 6.07 Å². The van der Waals surface area contributed by atoms with E-state index in [1.807, 2.05) is 16.8 Å². The first-order chi connectivity index (χ1) is 9.77. The van der Waals surface area contributed by atoms with Crippen LogP contribution in [0, 0.1) is 11.6 Å². The van der Waals surface area contributed by atoms with Gasteiger partial charge in [0.05, 0.1) is 6.04 Å². The third-order valence-electron chi connectivity index (χ3n) is 3.65. The molecule has 0 radical (unpaired) electrons. The molecule has 2 nitrogen and oxygen atoms in total. The Hall–Kier alpha value is -1.01. The van der Waals surface area contributed by atoms with E-state index in [1.54, 1.807) is 23.5 Å². The molecular weight excluding hydrogens is 314 g/mol. The molecule has 1 atom stereocenters. The largest absolute Gasteiger partial charge is 0.314 e. The van der Waals surface area contributed by atoms with Crippen LogP contribution < -0.4 is 5.32 Å². The van der Waals surface area contributed by atoms with E-state index in [0.717, 1.165) is 31.7 Å². The number of rotatable bonds is 3. The molecule has 0 spiro atoms. The molecule has 21 heavy (non-hydrogen) atoms. The molecular formula is C15H17ClF2N2S. The van der Waals surface area contributed by atoms with Gasteiger partial charge >= 0.3 is 0 Å². The minimum Gasteiger partial charge on any atom is -0.314 e. The van der Waals surface area contributed by atoms with Crippen molar-refractivity contribution in [3.63, 3.8) is 0 Å². The van der Waals surface area contributed by atoms with Crippen LogP contribution in [-0.2, 0) is 0 Å². The van der Waals surface area contributed by atoms with Crippen molar-refractivity contribution in [2.75, 3.05) is 26.2 Å². The average Bonchev–Trinajstić information content (AvgIpc) is 2.99. The Morgan fingerprint density at radius 3 is 2.57 bits per heavy atom. The van der Waals surface area contributed by atoms with Crippen molar-refractivity contribution >= 4 is 23.7 Å². The summed E-state index contributed by atoms with van der Waals surface area (Å²) in [7, 11) is 0. The molecule has 1 saturated heterocycles. The third kappa shape index (κ3) is 3.43. The molecule has 0 aliphatic carbocycles. The molecule has 1 N–H and O–H groups in total. The van der Waals surface area contributed by atoms with Crippen LogP contribution in [0.5, 0.6) is 0 Å². The van der Waals surface area contributed by atoms with E-state index in [-0.39, 0.29) is 18.4 Å². The summed E-state index contributed by atoms with van der Waals surface area (Å²) in [5, 5.41) is 7.27. The Balaban J connectivity index is 0.00000161. The summed E-state index contributed by atoms with van der Waals surface area (Å²) < 4.78 is 27.7. The van der Waals surface area contributed by atoms with Gasteiger partial charge in [0.15, 0.2) is 11.6 Å². The molecule has 1 aromatic carbocycles. The number of benzene rings is 1. The van der Waals surface area contributed by atoms with Crippen molar-refractivity contribution in [1.29, 1.82) is 0 Å². The lowest BCUT2D eigenvalue weighted by Gasteiger charge is -2.35. The Bertz CT molecular complexity index is 571. The van der Waals surface area contributed by atoms with Crippen LogP contribution >= 0.6 is 23.7 Å². The zero-order valence-corrected chi connectivity index (χ0v) is 13.0. The molecule has 1 fully saturated rings. The van der Waals surface area contributed by atoms with Gasteiger partial charge in [-0.15, -0.1) is 12.4 Å². The molecule has 6 heteroatoms. The van der Waals surface area contributed by atoms with Gasteiger partial charge in [0, 0.05) is 31.7 Å². The summed E-state index contributed by atoms with van der Waals surface area (Å²) in [6.07, 6.45) is 0. The van der Waals surface area contributed by atoms with Crippen molar-refractivity contribution in [3.05, 3.63) is 57.8 Å². The molecule has 2 aromatic rings. The minimum absolute atomic E-state index is 0.